The highest BCUT2D eigenvalue weighted by molar-refractivity contribution is 7.71. The van der Waals surface area contributed by atoms with Crippen LogP contribution in [0.2, 0.25) is 0 Å². The molecule has 0 aromatic carbocycles. The van der Waals surface area contributed by atoms with E-state index in [-0.39, 0.29) is 0 Å². The van der Waals surface area contributed by atoms with Gasteiger partial charge >= 0.3 is 0 Å². The summed E-state index contributed by atoms with van der Waals surface area (Å²) in [5.41, 5.74) is 0. The fraction of sp³-hybridized carbons (Fsp3) is 0.833. The van der Waals surface area contributed by atoms with Crippen molar-refractivity contribution in [3.05, 3.63) is 4.77 Å². The van der Waals surface area contributed by atoms with Crippen molar-refractivity contribution in [2.24, 2.45) is 0 Å². The van der Waals surface area contributed by atoms with Crippen LogP contribution in [0.3, 0.4) is 0 Å². The maximum absolute atomic E-state index is 5.31. The van der Waals surface area contributed by atoms with Gasteiger partial charge in [-0.3, -0.25) is 4.57 Å². The molecule has 1 aromatic heterocycles. The van der Waals surface area contributed by atoms with Crippen LogP contribution in [0.1, 0.15) is 52.5 Å². The number of nitrogens with zero attached hydrogens (tertiary/aromatic N) is 3. The summed E-state index contributed by atoms with van der Waals surface area (Å²) in [6.07, 6.45) is 5.25. The molecular weight excluding hydrogens is 232 g/mol. The van der Waals surface area contributed by atoms with Crippen LogP contribution in [-0.2, 0) is 0 Å². The summed E-state index contributed by atoms with van der Waals surface area (Å²) < 4.78 is 2.85. The zero-order valence-electron chi connectivity index (χ0n) is 10.9. The summed E-state index contributed by atoms with van der Waals surface area (Å²) in [6.45, 7) is 7.49. The molecule has 1 fully saturated rings. The molecule has 0 unspecified atom stereocenters. The molecular formula is C12H22N4S. The van der Waals surface area contributed by atoms with Crippen molar-refractivity contribution in [1.29, 1.82) is 0 Å². The topological polar surface area (TPSA) is 36.9 Å². The number of H-pyrrole nitrogens is 1. The summed E-state index contributed by atoms with van der Waals surface area (Å²) in [5, 5.41) is 7.36. The Labute approximate surface area is 108 Å². The van der Waals surface area contributed by atoms with E-state index < -0.39 is 0 Å². The molecule has 4 nitrogen and oxygen atoms in total. The second-order valence-corrected chi connectivity index (χ2v) is 5.40. The first-order valence-electron chi connectivity index (χ1n) is 6.58. The van der Waals surface area contributed by atoms with Gasteiger partial charge in [-0.25, -0.2) is 5.10 Å². The molecule has 1 aliphatic rings. The van der Waals surface area contributed by atoms with E-state index in [1.165, 1.54) is 25.7 Å². The first kappa shape index (κ1) is 12.6. The van der Waals surface area contributed by atoms with Crippen molar-refractivity contribution < 1.29 is 0 Å². The number of rotatable bonds is 4. The summed E-state index contributed by atoms with van der Waals surface area (Å²) in [4.78, 5) is 2.40. The van der Waals surface area contributed by atoms with E-state index in [0.717, 1.165) is 17.3 Å². The van der Waals surface area contributed by atoms with Gasteiger partial charge in [-0.1, -0.05) is 12.8 Å². The summed E-state index contributed by atoms with van der Waals surface area (Å²) in [7, 11) is 0. The van der Waals surface area contributed by atoms with Crippen LogP contribution in [0.4, 0.5) is 5.95 Å². The van der Waals surface area contributed by atoms with Crippen molar-refractivity contribution in [3.63, 3.8) is 0 Å². The van der Waals surface area contributed by atoms with E-state index in [9.17, 15) is 0 Å². The van der Waals surface area contributed by atoms with E-state index in [1.807, 2.05) is 0 Å². The zero-order chi connectivity index (χ0) is 12.4. The van der Waals surface area contributed by atoms with Gasteiger partial charge in [-0.05, 0) is 45.8 Å². The van der Waals surface area contributed by atoms with Gasteiger partial charge in [0, 0.05) is 18.6 Å². The number of aromatic amines is 1. The average molecular weight is 254 g/mol. The Morgan fingerprint density at radius 2 is 2.12 bits per heavy atom. The van der Waals surface area contributed by atoms with E-state index in [4.69, 9.17) is 12.2 Å². The third kappa shape index (κ3) is 2.39. The van der Waals surface area contributed by atoms with Crippen molar-refractivity contribution in [2.75, 3.05) is 11.4 Å². The van der Waals surface area contributed by atoms with E-state index in [1.54, 1.807) is 0 Å². The smallest absolute Gasteiger partial charge is 0.226 e. The molecule has 0 bridgehead atoms. The normalized spacial score (nSPS) is 16.9. The largest absolute Gasteiger partial charge is 0.338 e. The van der Waals surface area contributed by atoms with Gasteiger partial charge in [0.1, 0.15) is 0 Å². The monoisotopic (exact) mass is 254 g/mol. The number of anilines is 1. The van der Waals surface area contributed by atoms with Crippen LogP contribution < -0.4 is 4.90 Å². The molecule has 0 saturated heterocycles. The van der Waals surface area contributed by atoms with Gasteiger partial charge in [-0.2, -0.15) is 0 Å². The van der Waals surface area contributed by atoms with Gasteiger partial charge in [0.05, 0.1) is 0 Å². The predicted octanol–water partition coefficient (Wildman–Crippen LogP) is 3.29. The molecule has 0 radical (unpaired) electrons. The van der Waals surface area contributed by atoms with Gasteiger partial charge in [-0.15, -0.1) is 5.10 Å². The molecule has 1 aromatic rings. The Balaban J connectivity index is 2.33. The number of hydrogen-bond donors (Lipinski definition) is 1. The molecule has 0 spiro atoms. The minimum Gasteiger partial charge on any atom is -0.338 e. The number of hydrogen-bond acceptors (Lipinski definition) is 3. The van der Waals surface area contributed by atoms with Crippen LogP contribution >= 0.6 is 12.2 Å². The first-order chi connectivity index (χ1) is 8.15. The minimum absolute atomic E-state index is 0.353. The maximum atomic E-state index is 5.31. The molecule has 0 atom stereocenters. The lowest BCUT2D eigenvalue weighted by molar-refractivity contribution is 0.543. The molecule has 1 saturated carbocycles. The second-order valence-electron chi connectivity index (χ2n) is 5.02. The highest BCUT2D eigenvalue weighted by atomic mass is 32.1. The van der Waals surface area contributed by atoms with E-state index >= 15 is 0 Å². The van der Waals surface area contributed by atoms with Gasteiger partial charge < -0.3 is 4.90 Å². The van der Waals surface area contributed by atoms with Crippen molar-refractivity contribution >= 4 is 18.2 Å². The molecule has 1 heterocycles. The third-order valence-corrected chi connectivity index (χ3v) is 3.85. The lowest BCUT2D eigenvalue weighted by Gasteiger charge is -2.29. The number of nitrogens with one attached hydrogen (secondary N) is 1. The first-order valence-corrected chi connectivity index (χ1v) is 6.99. The van der Waals surface area contributed by atoms with Crippen LogP contribution in [-0.4, -0.2) is 27.4 Å². The fourth-order valence-corrected chi connectivity index (χ4v) is 3.08. The maximum Gasteiger partial charge on any atom is 0.226 e. The standard InChI is InChI=1S/C12H22N4S/c1-4-15(10-7-5-6-8-10)11-13-14-12(17)16(11)9(2)3/h9-10H,4-8H2,1-3H3,(H,14,17). The molecule has 1 aliphatic carbocycles. The molecule has 0 amide bonds. The quantitative estimate of drug-likeness (QED) is 0.838. The second kappa shape index (κ2) is 5.21. The molecule has 96 valence electrons. The molecule has 1 N–H and O–H groups in total. The van der Waals surface area contributed by atoms with Crippen molar-refractivity contribution in [2.45, 2.75) is 58.5 Å². The predicted molar refractivity (Wildman–Crippen MR) is 73.1 cm³/mol. The van der Waals surface area contributed by atoms with Crippen LogP contribution in [0.15, 0.2) is 0 Å². The highest BCUT2D eigenvalue weighted by Crippen LogP contribution is 2.28. The summed E-state index contributed by atoms with van der Waals surface area (Å²) >= 11 is 5.31. The van der Waals surface area contributed by atoms with Crippen LogP contribution in [0.5, 0.6) is 0 Å². The SMILES string of the molecule is CCN(c1n[nH]c(=S)n1C(C)C)C1CCCC1. The van der Waals surface area contributed by atoms with Gasteiger partial charge in [0.2, 0.25) is 5.95 Å². The molecule has 2 rings (SSSR count). The fourth-order valence-electron chi connectivity index (χ4n) is 2.74. The van der Waals surface area contributed by atoms with Gasteiger partial charge in [0.15, 0.2) is 4.77 Å². The Bertz CT molecular complexity index is 414. The van der Waals surface area contributed by atoms with E-state index in [0.29, 0.717) is 12.1 Å². The Hall–Kier alpha value is -0.840. The minimum atomic E-state index is 0.353. The van der Waals surface area contributed by atoms with Gasteiger partial charge in [0.25, 0.3) is 0 Å². The van der Waals surface area contributed by atoms with Crippen molar-refractivity contribution in [1.82, 2.24) is 14.8 Å². The molecule has 5 heteroatoms. The Morgan fingerprint density at radius 1 is 1.47 bits per heavy atom. The van der Waals surface area contributed by atoms with Crippen LogP contribution in [0.25, 0.3) is 0 Å². The summed E-state index contributed by atoms with van der Waals surface area (Å²) in [5.74, 6) is 1.01. The Morgan fingerprint density at radius 3 is 2.65 bits per heavy atom. The lowest BCUT2D eigenvalue weighted by Crippen LogP contribution is -2.35. The summed E-state index contributed by atoms with van der Waals surface area (Å²) in [6, 6.07) is 0.995. The zero-order valence-corrected chi connectivity index (χ0v) is 11.8. The third-order valence-electron chi connectivity index (χ3n) is 3.57. The number of aromatic nitrogens is 3. The highest BCUT2D eigenvalue weighted by Gasteiger charge is 2.25. The lowest BCUT2D eigenvalue weighted by atomic mass is 10.2. The average Bonchev–Trinajstić information content (AvgIpc) is 2.90. The van der Waals surface area contributed by atoms with Crippen molar-refractivity contribution in [3.8, 4) is 0 Å². The molecule has 17 heavy (non-hydrogen) atoms. The van der Waals surface area contributed by atoms with Crippen LogP contribution in [0, 0.1) is 4.77 Å². The van der Waals surface area contributed by atoms with E-state index in [2.05, 4.69) is 40.4 Å². The molecule has 0 aliphatic heterocycles. The Kier molecular flexibility index (Phi) is 3.86.